The molecule has 2 heterocycles. The molecule has 0 amide bonds. The summed E-state index contributed by atoms with van der Waals surface area (Å²) in [6.07, 6.45) is 3.97. The third-order valence-electron chi connectivity index (χ3n) is 1.69. The van der Waals surface area contributed by atoms with Gasteiger partial charge in [-0.25, -0.2) is 4.98 Å². The summed E-state index contributed by atoms with van der Waals surface area (Å²) < 4.78 is 1.66. The maximum absolute atomic E-state index is 10.5. The zero-order valence-electron chi connectivity index (χ0n) is 6.07. The molecule has 12 heavy (non-hydrogen) atoms. The standard InChI is InChI=1S/C8H5ClN2O/c9-8-2-1-6(4-12)7-3-10-5-11(7)8/h1-5H. The van der Waals surface area contributed by atoms with Crippen LogP contribution in [0.3, 0.4) is 0 Å². The fraction of sp³-hybridized carbons (Fsp3) is 0. The van der Waals surface area contributed by atoms with Gasteiger partial charge in [-0.05, 0) is 12.1 Å². The molecular weight excluding hydrogens is 176 g/mol. The normalized spacial score (nSPS) is 10.4. The Labute approximate surface area is 73.6 Å². The zero-order chi connectivity index (χ0) is 8.55. The lowest BCUT2D eigenvalue weighted by Gasteiger charge is -1.98. The Morgan fingerprint density at radius 1 is 1.50 bits per heavy atom. The van der Waals surface area contributed by atoms with Crippen LogP contribution in [0.25, 0.3) is 5.52 Å². The Morgan fingerprint density at radius 2 is 2.33 bits per heavy atom. The minimum absolute atomic E-state index is 0.549. The van der Waals surface area contributed by atoms with Gasteiger partial charge in [0.15, 0.2) is 6.29 Å². The topological polar surface area (TPSA) is 34.4 Å². The van der Waals surface area contributed by atoms with Crippen molar-refractivity contribution in [2.24, 2.45) is 0 Å². The van der Waals surface area contributed by atoms with Gasteiger partial charge in [-0.15, -0.1) is 0 Å². The Hall–Kier alpha value is -1.35. The van der Waals surface area contributed by atoms with Crippen molar-refractivity contribution in [3.05, 3.63) is 35.4 Å². The van der Waals surface area contributed by atoms with Crippen LogP contribution in [0.1, 0.15) is 10.4 Å². The quantitative estimate of drug-likeness (QED) is 0.496. The number of carbonyl (C=O) groups is 1. The molecule has 0 radical (unpaired) electrons. The lowest BCUT2D eigenvalue weighted by molar-refractivity contribution is 0.112. The summed E-state index contributed by atoms with van der Waals surface area (Å²) in [6.45, 7) is 0. The molecule has 0 saturated heterocycles. The van der Waals surface area contributed by atoms with E-state index in [9.17, 15) is 4.79 Å². The van der Waals surface area contributed by atoms with Crippen LogP contribution in [0.15, 0.2) is 24.7 Å². The fourth-order valence-electron chi connectivity index (χ4n) is 1.10. The molecule has 4 heteroatoms. The minimum atomic E-state index is 0.549. The fourth-order valence-corrected chi connectivity index (χ4v) is 1.30. The molecule has 0 aromatic carbocycles. The second-order valence-electron chi connectivity index (χ2n) is 2.38. The summed E-state index contributed by atoms with van der Waals surface area (Å²) in [5.41, 5.74) is 1.33. The van der Waals surface area contributed by atoms with E-state index in [2.05, 4.69) is 4.98 Å². The first-order chi connectivity index (χ1) is 5.83. The molecule has 0 aliphatic heterocycles. The van der Waals surface area contributed by atoms with Crippen molar-refractivity contribution in [2.45, 2.75) is 0 Å². The highest BCUT2D eigenvalue weighted by molar-refractivity contribution is 6.29. The predicted octanol–water partition coefficient (Wildman–Crippen LogP) is 1.80. The number of carbonyl (C=O) groups excluding carboxylic acids is 1. The van der Waals surface area contributed by atoms with Crippen molar-refractivity contribution in [3.8, 4) is 0 Å². The summed E-state index contributed by atoms with van der Waals surface area (Å²) in [6, 6.07) is 3.34. The van der Waals surface area contributed by atoms with Gasteiger partial charge in [-0.1, -0.05) is 11.6 Å². The molecule has 2 aromatic heterocycles. The van der Waals surface area contributed by atoms with E-state index in [0.717, 1.165) is 11.8 Å². The predicted molar refractivity (Wildman–Crippen MR) is 45.6 cm³/mol. The van der Waals surface area contributed by atoms with Crippen LogP contribution in [0.2, 0.25) is 5.15 Å². The largest absolute Gasteiger partial charge is 0.298 e. The van der Waals surface area contributed by atoms with Crippen LogP contribution in [0, 0.1) is 0 Å². The second-order valence-corrected chi connectivity index (χ2v) is 2.77. The van der Waals surface area contributed by atoms with Crippen molar-refractivity contribution in [3.63, 3.8) is 0 Å². The summed E-state index contributed by atoms with van der Waals surface area (Å²) in [5, 5.41) is 0.549. The van der Waals surface area contributed by atoms with E-state index in [1.165, 1.54) is 0 Å². The second kappa shape index (κ2) is 2.60. The Morgan fingerprint density at radius 3 is 3.08 bits per heavy atom. The van der Waals surface area contributed by atoms with Crippen molar-refractivity contribution in [1.29, 1.82) is 0 Å². The zero-order valence-corrected chi connectivity index (χ0v) is 6.82. The van der Waals surface area contributed by atoms with Gasteiger partial charge in [0.25, 0.3) is 0 Å². The number of nitrogens with zero attached hydrogens (tertiary/aromatic N) is 2. The number of hydrogen-bond acceptors (Lipinski definition) is 2. The Balaban J connectivity index is 2.91. The van der Waals surface area contributed by atoms with Crippen LogP contribution in [0.5, 0.6) is 0 Å². The van der Waals surface area contributed by atoms with E-state index >= 15 is 0 Å². The van der Waals surface area contributed by atoms with Crippen molar-refractivity contribution in [1.82, 2.24) is 9.38 Å². The molecule has 0 atom stereocenters. The number of fused-ring (bicyclic) bond motifs is 1. The lowest BCUT2D eigenvalue weighted by Crippen LogP contribution is -1.89. The van der Waals surface area contributed by atoms with E-state index in [1.54, 1.807) is 29.1 Å². The smallest absolute Gasteiger partial charge is 0.152 e. The molecule has 2 aromatic rings. The molecule has 0 N–H and O–H groups in total. The highest BCUT2D eigenvalue weighted by atomic mass is 35.5. The van der Waals surface area contributed by atoms with Gasteiger partial charge < -0.3 is 0 Å². The molecule has 60 valence electrons. The van der Waals surface area contributed by atoms with Crippen LogP contribution < -0.4 is 0 Å². The SMILES string of the molecule is O=Cc1ccc(Cl)n2cncc12. The number of pyridine rings is 1. The molecule has 3 nitrogen and oxygen atoms in total. The van der Waals surface area contributed by atoms with E-state index in [1.807, 2.05) is 0 Å². The van der Waals surface area contributed by atoms with Gasteiger partial charge in [0.2, 0.25) is 0 Å². The van der Waals surface area contributed by atoms with Crippen LogP contribution >= 0.6 is 11.6 Å². The number of imidazole rings is 1. The van der Waals surface area contributed by atoms with E-state index in [-0.39, 0.29) is 0 Å². The highest BCUT2D eigenvalue weighted by Gasteiger charge is 2.02. The van der Waals surface area contributed by atoms with Crippen LogP contribution in [-0.4, -0.2) is 15.7 Å². The number of rotatable bonds is 1. The Kier molecular flexibility index (Phi) is 1.59. The third-order valence-corrected chi connectivity index (χ3v) is 2.00. The van der Waals surface area contributed by atoms with E-state index in [4.69, 9.17) is 11.6 Å². The van der Waals surface area contributed by atoms with E-state index in [0.29, 0.717) is 10.7 Å². The molecule has 0 unspecified atom stereocenters. The van der Waals surface area contributed by atoms with Gasteiger partial charge in [0, 0.05) is 5.56 Å². The summed E-state index contributed by atoms with van der Waals surface area (Å²) in [5.74, 6) is 0. The molecule has 0 aliphatic carbocycles. The average Bonchev–Trinajstić information content (AvgIpc) is 2.54. The minimum Gasteiger partial charge on any atom is -0.298 e. The van der Waals surface area contributed by atoms with Gasteiger partial charge in [0.1, 0.15) is 11.5 Å². The van der Waals surface area contributed by atoms with Crippen molar-refractivity contribution < 1.29 is 4.79 Å². The van der Waals surface area contributed by atoms with Crippen molar-refractivity contribution >= 4 is 23.4 Å². The third kappa shape index (κ3) is 0.905. The maximum Gasteiger partial charge on any atom is 0.152 e. The Bertz CT molecular complexity index is 436. The average molecular weight is 181 g/mol. The molecular formula is C8H5ClN2O. The van der Waals surface area contributed by atoms with Crippen molar-refractivity contribution in [2.75, 3.05) is 0 Å². The molecule has 0 saturated carbocycles. The monoisotopic (exact) mass is 180 g/mol. The first kappa shape index (κ1) is 7.31. The van der Waals surface area contributed by atoms with Crippen LogP contribution in [-0.2, 0) is 0 Å². The number of aldehydes is 1. The van der Waals surface area contributed by atoms with Gasteiger partial charge in [-0.2, -0.15) is 0 Å². The van der Waals surface area contributed by atoms with Gasteiger partial charge in [0.05, 0.1) is 11.7 Å². The number of aromatic nitrogens is 2. The molecule has 0 spiro atoms. The summed E-state index contributed by atoms with van der Waals surface area (Å²) in [4.78, 5) is 14.4. The molecule has 2 rings (SSSR count). The molecule has 0 aliphatic rings. The molecule has 0 bridgehead atoms. The summed E-state index contributed by atoms with van der Waals surface area (Å²) >= 11 is 5.83. The highest BCUT2D eigenvalue weighted by Crippen LogP contribution is 2.15. The van der Waals surface area contributed by atoms with E-state index < -0.39 is 0 Å². The van der Waals surface area contributed by atoms with Gasteiger partial charge in [-0.3, -0.25) is 9.20 Å². The maximum atomic E-state index is 10.5. The first-order valence-corrected chi connectivity index (χ1v) is 3.76. The molecule has 0 fully saturated rings. The first-order valence-electron chi connectivity index (χ1n) is 3.38. The van der Waals surface area contributed by atoms with Gasteiger partial charge >= 0.3 is 0 Å². The lowest BCUT2D eigenvalue weighted by atomic mass is 10.2. The number of halogens is 1. The number of hydrogen-bond donors (Lipinski definition) is 0. The summed E-state index contributed by atoms with van der Waals surface area (Å²) in [7, 11) is 0. The van der Waals surface area contributed by atoms with Crippen LogP contribution in [0.4, 0.5) is 0 Å².